The minimum atomic E-state index is -0.422. The van der Waals surface area contributed by atoms with E-state index in [0.717, 1.165) is 35.9 Å². The van der Waals surface area contributed by atoms with E-state index in [1.807, 2.05) is 41.9 Å². The van der Waals surface area contributed by atoms with Gasteiger partial charge in [0, 0.05) is 24.5 Å². The highest BCUT2D eigenvalue weighted by Crippen LogP contribution is 2.33. The summed E-state index contributed by atoms with van der Waals surface area (Å²) in [5, 5.41) is 8.47. The molecular weight excluding hydrogens is 381 g/mol. The number of halogens is 2. The van der Waals surface area contributed by atoms with Crippen LogP contribution < -0.4 is 10.6 Å². The number of benzene rings is 2. The molecule has 1 saturated heterocycles. The fraction of sp³-hybridized carbons (Fsp3) is 0.286. The van der Waals surface area contributed by atoms with Crippen molar-refractivity contribution in [1.29, 1.82) is 0 Å². The van der Waals surface area contributed by atoms with Crippen LogP contribution in [0.4, 0.5) is 0 Å². The maximum atomic E-state index is 13.2. The molecule has 0 radical (unpaired) electrons. The monoisotopic (exact) mass is 401 g/mol. The number of rotatable bonds is 3. The van der Waals surface area contributed by atoms with E-state index in [9.17, 15) is 4.79 Å². The molecule has 3 aromatic rings. The number of aryl methyl sites for hydroxylation is 1. The first kappa shape index (κ1) is 18.4. The lowest BCUT2D eigenvalue weighted by molar-refractivity contribution is 0.0868. The molecule has 0 bridgehead atoms. The van der Waals surface area contributed by atoms with Crippen molar-refractivity contribution in [3.8, 4) is 0 Å². The maximum absolute atomic E-state index is 13.2. The summed E-state index contributed by atoms with van der Waals surface area (Å²) in [6.45, 7) is 1.67. The lowest BCUT2D eigenvalue weighted by Crippen LogP contribution is -2.55. The minimum Gasteiger partial charge on any atom is -0.340 e. The van der Waals surface area contributed by atoms with Gasteiger partial charge in [0.05, 0.1) is 15.6 Å². The largest absolute Gasteiger partial charge is 0.340 e. The second-order valence-electron chi connectivity index (χ2n) is 7.07. The van der Waals surface area contributed by atoms with Gasteiger partial charge in [0.15, 0.2) is 0 Å². The normalized spacial score (nSPS) is 20.0. The Bertz CT molecular complexity index is 992. The van der Waals surface area contributed by atoms with E-state index in [0.29, 0.717) is 22.3 Å². The van der Waals surface area contributed by atoms with Crippen molar-refractivity contribution in [1.82, 2.24) is 15.2 Å². The van der Waals surface area contributed by atoms with Gasteiger partial charge in [0.2, 0.25) is 0 Å². The average molecular weight is 402 g/mol. The Labute approximate surface area is 168 Å². The first-order valence-corrected chi connectivity index (χ1v) is 9.80. The van der Waals surface area contributed by atoms with Crippen LogP contribution in [0.25, 0.3) is 10.9 Å². The Morgan fingerprint density at radius 1 is 1.19 bits per heavy atom. The molecule has 1 atom stereocenters. The lowest BCUT2D eigenvalue weighted by Gasteiger charge is -2.39. The maximum Gasteiger partial charge on any atom is 0.268 e. The van der Waals surface area contributed by atoms with Gasteiger partial charge >= 0.3 is 0 Å². The zero-order valence-electron chi connectivity index (χ0n) is 15.1. The Morgan fingerprint density at radius 3 is 2.67 bits per heavy atom. The molecule has 6 heteroatoms. The SMILES string of the molecule is Cn1c(C(=O)NC2(c3ccccc3)CCCNC2)cc2c(Cl)c(Cl)ccc21. The smallest absolute Gasteiger partial charge is 0.268 e. The second kappa shape index (κ2) is 7.19. The van der Waals surface area contributed by atoms with Crippen molar-refractivity contribution in [2.75, 3.05) is 13.1 Å². The van der Waals surface area contributed by atoms with Crippen LogP contribution in [0, 0.1) is 0 Å². The summed E-state index contributed by atoms with van der Waals surface area (Å²) < 4.78 is 1.86. The fourth-order valence-electron chi connectivity index (χ4n) is 3.94. The van der Waals surface area contributed by atoms with Crippen LogP contribution in [0.3, 0.4) is 0 Å². The third-order valence-corrected chi connectivity index (χ3v) is 6.23. The number of nitrogens with zero attached hydrogens (tertiary/aromatic N) is 1. The number of hydrogen-bond acceptors (Lipinski definition) is 2. The van der Waals surface area contributed by atoms with Gasteiger partial charge in [-0.25, -0.2) is 0 Å². The summed E-state index contributed by atoms with van der Waals surface area (Å²) in [5.41, 5.74) is 2.14. The first-order valence-electron chi connectivity index (χ1n) is 9.04. The third kappa shape index (κ3) is 3.22. The average Bonchev–Trinajstić information content (AvgIpc) is 3.03. The standard InChI is InChI=1S/C21H21Cl2N3O/c1-26-17-9-8-16(22)19(23)15(17)12-18(26)20(27)25-21(10-5-11-24-13-21)14-6-3-2-4-7-14/h2-4,6-9,12,24H,5,10-11,13H2,1H3,(H,25,27). The van der Waals surface area contributed by atoms with E-state index in [2.05, 4.69) is 22.8 Å². The van der Waals surface area contributed by atoms with Crippen molar-refractivity contribution < 1.29 is 4.79 Å². The molecule has 1 aliphatic heterocycles. The van der Waals surface area contributed by atoms with Gasteiger partial charge in [-0.3, -0.25) is 4.79 Å². The highest BCUT2D eigenvalue weighted by Gasteiger charge is 2.36. The van der Waals surface area contributed by atoms with Crippen molar-refractivity contribution in [3.05, 3.63) is 69.8 Å². The summed E-state index contributed by atoms with van der Waals surface area (Å²) in [4.78, 5) is 13.2. The van der Waals surface area contributed by atoms with E-state index in [-0.39, 0.29) is 5.91 Å². The topological polar surface area (TPSA) is 46.1 Å². The van der Waals surface area contributed by atoms with Crippen LogP contribution in [0.1, 0.15) is 28.9 Å². The van der Waals surface area contributed by atoms with Crippen LogP contribution in [0.5, 0.6) is 0 Å². The van der Waals surface area contributed by atoms with E-state index < -0.39 is 5.54 Å². The number of carbonyl (C=O) groups excluding carboxylic acids is 1. The summed E-state index contributed by atoms with van der Waals surface area (Å²) in [5.74, 6) is -0.117. The molecule has 1 aliphatic rings. The van der Waals surface area contributed by atoms with Crippen molar-refractivity contribution >= 4 is 40.0 Å². The summed E-state index contributed by atoms with van der Waals surface area (Å²) in [6, 6.07) is 15.6. The zero-order chi connectivity index (χ0) is 19.0. The van der Waals surface area contributed by atoms with Crippen LogP contribution in [0.15, 0.2) is 48.5 Å². The number of piperidine rings is 1. The number of aromatic nitrogens is 1. The van der Waals surface area contributed by atoms with E-state index in [4.69, 9.17) is 23.2 Å². The van der Waals surface area contributed by atoms with Crippen molar-refractivity contribution in [2.45, 2.75) is 18.4 Å². The molecule has 4 rings (SSSR count). The molecule has 2 heterocycles. The van der Waals surface area contributed by atoms with Crippen molar-refractivity contribution in [3.63, 3.8) is 0 Å². The van der Waals surface area contributed by atoms with Gasteiger partial charge in [0.1, 0.15) is 5.69 Å². The van der Waals surface area contributed by atoms with Crippen LogP contribution >= 0.6 is 23.2 Å². The van der Waals surface area contributed by atoms with E-state index in [1.165, 1.54) is 0 Å². The van der Waals surface area contributed by atoms with E-state index in [1.54, 1.807) is 6.07 Å². The van der Waals surface area contributed by atoms with Crippen LogP contribution in [-0.2, 0) is 12.6 Å². The first-order chi connectivity index (χ1) is 13.0. The Balaban J connectivity index is 1.73. The van der Waals surface area contributed by atoms with Gasteiger partial charge in [-0.05, 0) is 43.1 Å². The summed E-state index contributed by atoms with van der Waals surface area (Å²) >= 11 is 12.5. The predicted molar refractivity (Wildman–Crippen MR) is 111 cm³/mol. The van der Waals surface area contributed by atoms with Crippen LogP contribution in [-0.4, -0.2) is 23.6 Å². The molecule has 27 heavy (non-hydrogen) atoms. The predicted octanol–water partition coefficient (Wildman–Crippen LogP) is 4.49. The second-order valence-corrected chi connectivity index (χ2v) is 7.85. The number of hydrogen-bond donors (Lipinski definition) is 2. The Hall–Kier alpha value is -2.01. The van der Waals surface area contributed by atoms with Gasteiger partial charge in [-0.2, -0.15) is 0 Å². The molecule has 2 aromatic carbocycles. The minimum absolute atomic E-state index is 0.117. The number of amides is 1. The molecule has 0 spiro atoms. The van der Waals surface area contributed by atoms with Gasteiger partial charge in [-0.1, -0.05) is 53.5 Å². The number of fused-ring (bicyclic) bond motifs is 1. The quantitative estimate of drug-likeness (QED) is 0.678. The zero-order valence-corrected chi connectivity index (χ0v) is 16.6. The number of carbonyl (C=O) groups is 1. The van der Waals surface area contributed by atoms with Gasteiger partial charge < -0.3 is 15.2 Å². The Kier molecular flexibility index (Phi) is 4.89. The lowest BCUT2D eigenvalue weighted by atomic mass is 9.83. The summed E-state index contributed by atoms with van der Waals surface area (Å²) in [7, 11) is 1.87. The summed E-state index contributed by atoms with van der Waals surface area (Å²) in [6.07, 6.45) is 1.90. The van der Waals surface area contributed by atoms with E-state index >= 15 is 0 Å². The molecule has 0 saturated carbocycles. The van der Waals surface area contributed by atoms with Gasteiger partial charge in [0.25, 0.3) is 5.91 Å². The van der Waals surface area contributed by atoms with Crippen molar-refractivity contribution in [2.24, 2.45) is 7.05 Å². The van der Waals surface area contributed by atoms with Crippen LogP contribution in [0.2, 0.25) is 10.0 Å². The molecule has 1 amide bonds. The molecular formula is C21H21Cl2N3O. The molecule has 4 nitrogen and oxygen atoms in total. The number of nitrogens with one attached hydrogen (secondary N) is 2. The highest BCUT2D eigenvalue weighted by atomic mass is 35.5. The van der Waals surface area contributed by atoms with Gasteiger partial charge in [-0.15, -0.1) is 0 Å². The molecule has 2 N–H and O–H groups in total. The molecule has 1 unspecified atom stereocenters. The third-order valence-electron chi connectivity index (χ3n) is 5.41. The molecule has 0 aliphatic carbocycles. The Morgan fingerprint density at radius 2 is 1.96 bits per heavy atom. The molecule has 1 aromatic heterocycles. The highest BCUT2D eigenvalue weighted by molar-refractivity contribution is 6.45. The molecule has 1 fully saturated rings. The molecule has 140 valence electrons. The fourth-order valence-corrected chi connectivity index (χ4v) is 4.32.